The lowest BCUT2D eigenvalue weighted by Crippen LogP contribution is -2.27. The van der Waals surface area contributed by atoms with Gasteiger partial charge in [-0.25, -0.2) is 8.42 Å². The SMILES string of the molecule is CC(C)C[C@H](CO)Nc1nc(NS(C)(=O)=O)nc(SCC(=O)c2ccsc2)n1. The monoisotopic (exact) mass is 445 g/mol. The Morgan fingerprint density at radius 2 is 2.00 bits per heavy atom. The first-order chi connectivity index (χ1) is 13.2. The lowest BCUT2D eigenvalue weighted by Gasteiger charge is -2.18. The van der Waals surface area contributed by atoms with Crippen molar-refractivity contribution in [1.29, 1.82) is 0 Å². The number of aliphatic hydroxyl groups is 1. The second-order valence-electron chi connectivity index (χ2n) is 6.52. The number of carbonyl (C=O) groups excluding carboxylic acids is 1. The quantitative estimate of drug-likeness (QED) is 0.351. The molecule has 0 aliphatic carbocycles. The van der Waals surface area contributed by atoms with E-state index in [0.717, 1.165) is 18.0 Å². The first-order valence-electron chi connectivity index (χ1n) is 8.45. The van der Waals surface area contributed by atoms with E-state index in [1.165, 1.54) is 11.3 Å². The molecule has 1 atom stereocenters. The van der Waals surface area contributed by atoms with Gasteiger partial charge in [-0.05, 0) is 23.8 Å². The summed E-state index contributed by atoms with van der Waals surface area (Å²) in [4.78, 5) is 24.5. The summed E-state index contributed by atoms with van der Waals surface area (Å²) in [7, 11) is -3.59. The zero-order chi connectivity index (χ0) is 20.7. The highest BCUT2D eigenvalue weighted by atomic mass is 32.2. The summed E-state index contributed by atoms with van der Waals surface area (Å²) in [5.74, 6) is 0.343. The van der Waals surface area contributed by atoms with E-state index in [9.17, 15) is 18.3 Å². The largest absolute Gasteiger partial charge is 0.394 e. The molecule has 2 aromatic heterocycles. The minimum atomic E-state index is -3.59. The molecule has 2 aromatic rings. The van der Waals surface area contributed by atoms with Gasteiger partial charge in [-0.2, -0.15) is 26.3 Å². The zero-order valence-electron chi connectivity index (χ0n) is 15.7. The van der Waals surface area contributed by atoms with Crippen molar-refractivity contribution in [3.8, 4) is 0 Å². The number of hydrogen-bond donors (Lipinski definition) is 3. The van der Waals surface area contributed by atoms with Crippen molar-refractivity contribution in [2.24, 2.45) is 5.92 Å². The Bertz CT molecular complexity index is 888. The third-order valence-electron chi connectivity index (χ3n) is 3.38. The number of sulfonamides is 1. The Morgan fingerprint density at radius 1 is 1.29 bits per heavy atom. The number of Topliss-reactive ketones (excluding diaryl/α,β-unsaturated/α-hetero) is 1. The van der Waals surface area contributed by atoms with E-state index in [1.54, 1.807) is 11.4 Å². The van der Waals surface area contributed by atoms with Crippen molar-refractivity contribution in [1.82, 2.24) is 15.0 Å². The van der Waals surface area contributed by atoms with Gasteiger partial charge in [-0.15, -0.1) is 0 Å². The summed E-state index contributed by atoms with van der Waals surface area (Å²) in [6.07, 6.45) is 1.67. The van der Waals surface area contributed by atoms with Gasteiger partial charge in [0, 0.05) is 10.9 Å². The predicted molar refractivity (Wildman–Crippen MR) is 112 cm³/mol. The molecule has 154 valence electrons. The standard InChI is InChI=1S/C16H23N5O4S3/c1-10(2)6-12(7-22)17-14-18-15(21-28(3,24)25)20-16(19-14)27-9-13(23)11-4-5-26-8-11/h4-5,8,10,12,22H,6-7,9H2,1-3H3,(H2,17,18,19,20,21)/t12-/m1/s1. The first kappa shape index (κ1) is 22.5. The number of nitrogens with zero attached hydrogens (tertiary/aromatic N) is 3. The molecule has 0 fully saturated rings. The lowest BCUT2D eigenvalue weighted by molar-refractivity contribution is 0.102. The van der Waals surface area contributed by atoms with E-state index in [2.05, 4.69) is 25.0 Å². The molecular weight excluding hydrogens is 422 g/mol. The maximum absolute atomic E-state index is 12.2. The van der Waals surface area contributed by atoms with Crippen molar-refractivity contribution in [2.45, 2.75) is 31.5 Å². The van der Waals surface area contributed by atoms with Crippen LogP contribution in [0.3, 0.4) is 0 Å². The van der Waals surface area contributed by atoms with Crippen LogP contribution in [0.5, 0.6) is 0 Å². The Kier molecular flexibility index (Phi) is 8.16. The van der Waals surface area contributed by atoms with E-state index in [0.29, 0.717) is 17.9 Å². The van der Waals surface area contributed by atoms with Gasteiger partial charge in [0.15, 0.2) is 10.9 Å². The maximum Gasteiger partial charge on any atom is 0.242 e. The second-order valence-corrected chi connectivity index (χ2v) is 9.99. The highest BCUT2D eigenvalue weighted by molar-refractivity contribution is 7.99. The molecule has 0 radical (unpaired) electrons. The van der Waals surface area contributed by atoms with E-state index in [1.807, 2.05) is 19.2 Å². The number of thioether (sulfide) groups is 1. The van der Waals surface area contributed by atoms with Crippen LogP contribution in [0.2, 0.25) is 0 Å². The number of carbonyl (C=O) groups is 1. The molecule has 2 rings (SSSR count). The Labute approximate surface area is 172 Å². The Morgan fingerprint density at radius 3 is 2.57 bits per heavy atom. The van der Waals surface area contributed by atoms with Crippen LogP contribution in [-0.4, -0.2) is 58.9 Å². The summed E-state index contributed by atoms with van der Waals surface area (Å²) >= 11 is 2.52. The molecular formula is C16H23N5O4S3. The van der Waals surface area contributed by atoms with Crippen molar-refractivity contribution in [3.63, 3.8) is 0 Å². The highest BCUT2D eigenvalue weighted by Crippen LogP contribution is 2.20. The molecule has 0 saturated carbocycles. The number of aromatic nitrogens is 3. The number of thiophene rings is 1. The number of anilines is 2. The number of rotatable bonds is 11. The highest BCUT2D eigenvalue weighted by Gasteiger charge is 2.16. The molecule has 0 saturated heterocycles. The fourth-order valence-electron chi connectivity index (χ4n) is 2.26. The molecule has 0 aliphatic heterocycles. The predicted octanol–water partition coefficient (Wildman–Crippen LogP) is 2.10. The van der Waals surface area contributed by atoms with E-state index < -0.39 is 10.0 Å². The van der Waals surface area contributed by atoms with Crippen LogP contribution in [-0.2, 0) is 10.0 Å². The van der Waals surface area contributed by atoms with Crippen molar-refractivity contribution >= 4 is 50.8 Å². The average molecular weight is 446 g/mol. The van der Waals surface area contributed by atoms with E-state index in [4.69, 9.17) is 0 Å². The topological polar surface area (TPSA) is 134 Å². The van der Waals surface area contributed by atoms with Crippen LogP contribution < -0.4 is 10.0 Å². The minimum absolute atomic E-state index is 0.0770. The molecule has 0 spiro atoms. The van der Waals surface area contributed by atoms with Crippen LogP contribution in [0.25, 0.3) is 0 Å². The molecule has 0 aliphatic rings. The van der Waals surface area contributed by atoms with Gasteiger partial charge in [-0.1, -0.05) is 25.6 Å². The average Bonchev–Trinajstić information content (AvgIpc) is 3.11. The van der Waals surface area contributed by atoms with E-state index in [-0.39, 0.29) is 41.2 Å². The first-order valence-corrected chi connectivity index (χ1v) is 12.3. The van der Waals surface area contributed by atoms with Crippen molar-refractivity contribution in [2.75, 3.05) is 28.7 Å². The summed E-state index contributed by atoms with van der Waals surface area (Å²) in [5, 5.41) is 16.3. The molecule has 12 heteroatoms. The number of ketones is 1. The van der Waals surface area contributed by atoms with Gasteiger partial charge in [0.1, 0.15) is 0 Å². The molecule has 3 N–H and O–H groups in total. The Hall–Kier alpha value is -1.76. The number of hydrogen-bond acceptors (Lipinski definition) is 10. The molecule has 0 unspecified atom stereocenters. The summed E-state index contributed by atoms with van der Waals surface area (Å²) in [6, 6.07) is 1.45. The normalized spacial score (nSPS) is 12.8. The number of nitrogens with one attached hydrogen (secondary N) is 2. The molecule has 9 nitrogen and oxygen atoms in total. The van der Waals surface area contributed by atoms with Gasteiger partial charge in [0.05, 0.1) is 24.7 Å². The van der Waals surface area contributed by atoms with Gasteiger partial charge < -0.3 is 10.4 Å². The van der Waals surface area contributed by atoms with Crippen LogP contribution in [0, 0.1) is 5.92 Å². The molecule has 0 amide bonds. The molecule has 28 heavy (non-hydrogen) atoms. The summed E-state index contributed by atoms with van der Waals surface area (Å²) < 4.78 is 25.3. The van der Waals surface area contributed by atoms with Crippen LogP contribution in [0.4, 0.5) is 11.9 Å². The van der Waals surface area contributed by atoms with Crippen LogP contribution in [0.15, 0.2) is 22.0 Å². The molecule has 0 aromatic carbocycles. The van der Waals surface area contributed by atoms with Gasteiger partial charge in [0.2, 0.25) is 21.9 Å². The summed E-state index contributed by atoms with van der Waals surface area (Å²) in [5.41, 5.74) is 0.608. The zero-order valence-corrected chi connectivity index (χ0v) is 18.2. The fraction of sp³-hybridized carbons (Fsp3) is 0.500. The van der Waals surface area contributed by atoms with Crippen molar-refractivity contribution in [3.05, 3.63) is 22.4 Å². The lowest BCUT2D eigenvalue weighted by atomic mass is 10.0. The summed E-state index contributed by atoms with van der Waals surface area (Å²) in [6.45, 7) is 3.91. The van der Waals surface area contributed by atoms with Gasteiger partial charge >= 0.3 is 0 Å². The minimum Gasteiger partial charge on any atom is -0.394 e. The van der Waals surface area contributed by atoms with Gasteiger partial charge in [-0.3, -0.25) is 9.52 Å². The van der Waals surface area contributed by atoms with Crippen LogP contribution in [0.1, 0.15) is 30.6 Å². The maximum atomic E-state index is 12.2. The van der Waals surface area contributed by atoms with Crippen molar-refractivity contribution < 1.29 is 18.3 Å². The Balaban J connectivity index is 2.20. The fourth-order valence-corrected chi connectivity index (χ4v) is 4.08. The second kappa shape index (κ2) is 10.1. The molecule has 2 heterocycles. The van der Waals surface area contributed by atoms with E-state index >= 15 is 0 Å². The molecule has 0 bridgehead atoms. The smallest absolute Gasteiger partial charge is 0.242 e. The third kappa shape index (κ3) is 7.70. The van der Waals surface area contributed by atoms with Crippen LogP contribution >= 0.6 is 23.1 Å². The van der Waals surface area contributed by atoms with Gasteiger partial charge in [0.25, 0.3) is 0 Å². The third-order valence-corrected chi connectivity index (χ3v) is 5.46. The number of aliphatic hydroxyl groups excluding tert-OH is 1.